The molecule has 0 N–H and O–H groups in total. The first-order valence-electron chi connectivity index (χ1n) is 10.3. The van der Waals surface area contributed by atoms with Crippen LogP contribution in [0, 0.1) is 0 Å². The molecule has 6 nitrogen and oxygen atoms in total. The molecule has 0 radical (unpaired) electrons. The minimum atomic E-state index is -0.0739. The van der Waals surface area contributed by atoms with E-state index in [1.165, 1.54) is 0 Å². The Bertz CT molecular complexity index is 984. The minimum absolute atomic E-state index is 0.0739. The number of benzene rings is 2. The molecule has 1 aliphatic heterocycles. The molecule has 0 aliphatic carbocycles. The van der Waals surface area contributed by atoms with Crippen LogP contribution < -0.4 is 0 Å². The Morgan fingerprint density at radius 3 is 2.57 bits per heavy atom. The molecule has 0 bridgehead atoms. The zero-order valence-corrected chi connectivity index (χ0v) is 17.8. The Morgan fingerprint density at radius 1 is 1.10 bits per heavy atom. The van der Waals surface area contributed by atoms with E-state index in [1.807, 2.05) is 53.4 Å². The van der Waals surface area contributed by atoms with Gasteiger partial charge in [-0.15, -0.1) is 0 Å². The predicted octanol–water partition coefficient (Wildman–Crippen LogP) is 4.23. The second-order valence-electron chi connectivity index (χ2n) is 7.50. The maximum absolute atomic E-state index is 13.0. The van der Waals surface area contributed by atoms with Crippen LogP contribution >= 0.6 is 11.6 Å². The van der Waals surface area contributed by atoms with Crippen molar-refractivity contribution >= 4 is 17.5 Å². The van der Waals surface area contributed by atoms with Crippen molar-refractivity contribution in [1.82, 2.24) is 19.9 Å². The summed E-state index contributed by atoms with van der Waals surface area (Å²) >= 11 is 6.04. The topological polar surface area (TPSA) is 62.5 Å². The molecule has 156 valence electrons. The van der Waals surface area contributed by atoms with Crippen molar-refractivity contribution in [2.45, 2.75) is 25.8 Å². The van der Waals surface area contributed by atoms with E-state index >= 15 is 0 Å². The number of rotatable bonds is 6. The maximum atomic E-state index is 13.0. The molecule has 2 heterocycles. The van der Waals surface area contributed by atoms with Gasteiger partial charge in [0.2, 0.25) is 5.91 Å². The van der Waals surface area contributed by atoms with Crippen molar-refractivity contribution in [3.8, 4) is 11.5 Å². The quantitative estimate of drug-likeness (QED) is 0.592. The van der Waals surface area contributed by atoms with E-state index < -0.39 is 0 Å². The van der Waals surface area contributed by atoms with Gasteiger partial charge >= 0.3 is 0 Å². The normalized spacial score (nSPS) is 15.9. The third-order valence-corrected chi connectivity index (χ3v) is 5.73. The lowest BCUT2D eigenvalue weighted by Crippen LogP contribution is -2.49. The van der Waals surface area contributed by atoms with Crippen molar-refractivity contribution < 1.29 is 9.32 Å². The number of hydrogen-bond donors (Lipinski definition) is 0. The van der Waals surface area contributed by atoms with Crippen molar-refractivity contribution in [1.29, 1.82) is 0 Å². The van der Waals surface area contributed by atoms with E-state index in [4.69, 9.17) is 16.1 Å². The first-order valence-corrected chi connectivity index (χ1v) is 10.7. The molecule has 4 rings (SSSR count). The monoisotopic (exact) mass is 424 g/mol. The summed E-state index contributed by atoms with van der Waals surface area (Å²) < 4.78 is 5.39. The summed E-state index contributed by atoms with van der Waals surface area (Å²) in [6, 6.07) is 17.4. The van der Waals surface area contributed by atoms with Gasteiger partial charge in [-0.3, -0.25) is 9.69 Å². The number of carbonyl (C=O) groups is 1. The molecule has 2 aromatic carbocycles. The van der Waals surface area contributed by atoms with Gasteiger partial charge in [-0.1, -0.05) is 60.1 Å². The van der Waals surface area contributed by atoms with Crippen molar-refractivity contribution in [2.24, 2.45) is 0 Å². The lowest BCUT2D eigenvalue weighted by Gasteiger charge is -2.36. The molecule has 1 saturated heterocycles. The van der Waals surface area contributed by atoms with Crippen LogP contribution in [0.3, 0.4) is 0 Å². The second kappa shape index (κ2) is 9.41. The highest BCUT2D eigenvalue weighted by Crippen LogP contribution is 2.24. The van der Waals surface area contributed by atoms with Gasteiger partial charge in [-0.25, -0.2) is 0 Å². The van der Waals surface area contributed by atoms with Gasteiger partial charge < -0.3 is 9.42 Å². The Hall–Kier alpha value is -2.70. The van der Waals surface area contributed by atoms with Gasteiger partial charge in [-0.05, 0) is 30.2 Å². The Kier molecular flexibility index (Phi) is 6.45. The summed E-state index contributed by atoms with van der Waals surface area (Å²) in [5, 5.41) is 4.73. The number of nitrogens with zero attached hydrogens (tertiary/aromatic N) is 4. The number of hydrogen-bond acceptors (Lipinski definition) is 5. The van der Waals surface area contributed by atoms with Crippen LogP contribution in [0.15, 0.2) is 59.1 Å². The van der Waals surface area contributed by atoms with E-state index in [2.05, 4.69) is 22.0 Å². The summed E-state index contributed by atoms with van der Waals surface area (Å²) in [5.41, 5.74) is 1.90. The molecule has 7 heteroatoms. The van der Waals surface area contributed by atoms with Gasteiger partial charge in [0.25, 0.3) is 5.89 Å². The molecule has 3 aromatic rings. The van der Waals surface area contributed by atoms with Crippen LogP contribution in [-0.4, -0.2) is 52.0 Å². The average molecular weight is 425 g/mol. The Morgan fingerprint density at radius 2 is 1.87 bits per heavy atom. The first kappa shape index (κ1) is 20.6. The molecule has 0 unspecified atom stereocenters. The molecule has 0 saturated carbocycles. The highest BCUT2D eigenvalue weighted by Gasteiger charge is 2.28. The lowest BCUT2D eigenvalue weighted by atomic mass is 9.95. The average Bonchev–Trinajstić information content (AvgIpc) is 3.24. The smallest absolute Gasteiger partial charge is 0.258 e. The summed E-state index contributed by atoms with van der Waals surface area (Å²) in [7, 11) is 0. The standard InChI is InChI=1S/C23H25ClN4O2/c1-2-20(17-7-4-3-5-8-17)23(29)28-13-11-27(12-14-28)16-21-25-22(30-26-21)18-9-6-10-19(24)15-18/h3-10,15,20H,2,11-14,16H2,1H3/t20-/m0/s1. The summed E-state index contributed by atoms with van der Waals surface area (Å²) in [6.45, 7) is 5.67. The third-order valence-electron chi connectivity index (χ3n) is 5.50. The Labute approximate surface area is 181 Å². The maximum Gasteiger partial charge on any atom is 0.258 e. The molecule has 1 aromatic heterocycles. The fourth-order valence-electron chi connectivity index (χ4n) is 3.84. The van der Waals surface area contributed by atoms with Crippen LogP contribution in [0.2, 0.25) is 5.02 Å². The van der Waals surface area contributed by atoms with E-state index in [-0.39, 0.29) is 11.8 Å². The van der Waals surface area contributed by atoms with E-state index in [0.29, 0.717) is 36.4 Å². The Balaban J connectivity index is 1.33. The molecule has 1 atom stereocenters. The molecule has 0 spiro atoms. The van der Waals surface area contributed by atoms with Crippen LogP contribution in [0.1, 0.15) is 30.7 Å². The second-order valence-corrected chi connectivity index (χ2v) is 7.94. The van der Waals surface area contributed by atoms with Crippen LogP contribution in [0.5, 0.6) is 0 Å². The largest absolute Gasteiger partial charge is 0.340 e. The fourth-order valence-corrected chi connectivity index (χ4v) is 4.03. The van der Waals surface area contributed by atoms with Crippen LogP contribution in [-0.2, 0) is 11.3 Å². The molecule has 30 heavy (non-hydrogen) atoms. The molecule has 1 aliphatic rings. The van der Waals surface area contributed by atoms with Gasteiger partial charge in [0.15, 0.2) is 5.82 Å². The van der Waals surface area contributed by atoms with Gasteiger partial charge in [0.1, 0.15) is 0 Å². The summed E-state index contributed by atoms with van der Waals surface area (Å²) in [4.78, 5) is 21.8. The van der Waals surface area contributed by atoms with Crippen molar-refractivity contribution in [2.75, 3.05) is 26.2 Å². The van der Waals surface area contributed by atoms with Crippen molar-refractivity contribution in [3.63, 3.8) is 0 Å². The predicted molar refractivity (Wildman–Crippen MR) is 116 cm³/mol. The van der Waals surface area contributed by atoms with Gasteiger partial charge in [-0.2, -0.15) is 4.98 Å². The summed E-state index contributed by atoms with van der Waals surface area (Å²) in [5.74, 6) is 1.25. The number of aromatic nitrogens is 2. The zero-order valence-electron chi connectivity index (χ0n) is 17.0. The number of piperazine rings is 1. The molecular formula is C23H25ClN4O2. The third kappa shape index (κ3) is 4.71. The highest BCUT2D eigenvalue weighted by atomic mass is 35.5. The fraction of sp³-hybridized carbons (Fsp3) is 0.348. The van der Waals surface area contributed by atoms with E-state index in [1.54, 1.807) is 6.07 Å². The van der Waals surface area contributed by atoms with E-state index in [9.17, 15) is 4.79 Å². The number of halogens is 1. The lowest BCUT2D eigenvalue weighted by molar-refractivity contribution is -0.134. The minimum Gasteiger partial charge on any atom is -0.340 e. The molecule has 1 amide bonds. The van der Waals surface area contributed by atoms with Crippen LogP contribution in [0.25, 0.3) is 11.5 Å². The SMILES string of the molecule is CC[C@H](C(=O)N1CCN(Cc2noc(-c3cccc(Cl)c3)n2)CC1)c1ccccc1. The first-order chi connectivity index (χ1) is 14.6. The molecule has 1 fully saturated rings. The van der Waals surface area contributed by atoms with Crippen LogP contribution in [0.4, 0.5) is 0 Å². The number of carbonyl (C=O) groups excluding carboxylic acids is 1. The highest BCUT2D eigenvalue weighted by molar-refractivity contribution is 6.30. The van der Waals surface area contributed by atoms with Gasteiger partial charge in [0, 0.05) is 36.8 Å². The van der Waals surface area contributed by atoms with Crippen molar-refractivity contribution in [3.05, 3.63) is 71.0 Å². The zero-order chi connectivity index (χ0) is 20.9. The number of amides is 1. The van der Waals surface area contributed by atoms with E-state index in [0.717, 1.165) is 30.6 Å². The summed E-state index contributed by atoms with van der Waals surface area (Å²) in [6.07, 6.45) is 0.804. The molecular weight excluding hydrogens is 400 g/mol. The van der Waals surface area contributed by atoms with Gasteiger partial charge in [0.05, 0.1) is 12.5 Å².